The summed E-state index contributed by atoms with van der Waals surface area (Å²) in [7, 11) is 0. The van der Waals surface area contributed by atoms with Gasteiger partial charge in [-0.15, -0.1) is 0 Å². The molecule has 0 radical (unpaired) electrons. The van der Waals surface area contributed by atoms with E-state index in [4.69, 9.17) is 14.2 Å². The van der Waals surface area contributed by atoms with E-state index in [9.17, 15) is 15.3 Å². The number of aliphatic hydroxyl groups is 3. The molecule has 4 aliphatic rings. The van der Waals surface area contributed by atoms with Crippen molar-refractivity contribution in [2.24, 2.45) is 0 Å². The highest BCUT2D eigenvalue weighted by molar-refractivity contribution is 5.08. The lowest BCUT2D eigenvalue weighted by molar-refractivity contribution is -0.188. The molecule has 3 aliphatic heterocycles. The molecule has 6 heteroatoms. The molecule has 21 heavy (non-hydrogen) atoms. The Balaban J connectivity index is 1.52. The normalized spacial score (nSPS) is 55.3. The first-order valence-electron chi connectivity index (χ1n) is 7.88. The molecule has 3 saturated heterocycles. The average molecular weight is 300 g/mol. The van der Waals surface area contributed by atoms with Crippen LogP contribution in [-0.4, -0.2) is 70.3 Å². The van der Waals surface area contributed by atoms with Gasteiger partial charge in [0.2, 0.25) is 0 Å². The Bertz CT molecular complexity index is 345. The first kappa shape index (κ1) is 14.4. The summed E-state index contributed by atoms with van der Waals surface area (Å²) < 4.78 is 15.7. The third kappa shape index (κ3) is 3.57. The maximum atomic E-state index is 10.9. The first-order chi connectivity index (χ1) is 9.86. The van der Waals surface area contributed by atoms with Crippen LogP contribution in [0.25, 0.3) is 0 Å². The molecule has 3 atom stereocenters. The Kier molecular flexibility index (Phi) is 3.17. The van der Waals surface area contributed by atoms with Gasteiger partial charge in [0.25, 0.3) is 0 Å². The Morgan fingerprint density at radius 1 is 0.619 bits per heavy atom. The van der Waals surface area contributed by atoms with Gasteiger partial charge < -0.3 is 29.5 Å². The summed E-state index contributed by atoms with van der Waals surface area (Å²) in [6.07, 6.45) is 2.50. The van der Waals surface area contributed by atoms with Crippen LogP contribution in [0.15, 0.2) is 0 Å². The monoisotopic (exact) mass is 300 g/mol. The molecule has 0 spiro atoms. The van der Waals surface area contributed by atoms with Gasteiger partial charge in [-0.3, -0.25) is 0 Å². The van der Waals surface area contributed by atoms with Gasteiger partial charge in [-0.25, -0.2) is 0 Å². The van der Waals surface area contributed by atoms with Gasteiger partial charge in [-0.05, 0) is 0 Å². The SMILES string of the molecule is OC1(CC2CO2)CC(O)(CC2CO2)CC(O)(CC2CO2)C1. The Morgan fingerprint density at radius 3 is 1.05 bits per heavy atom. The highest BCUT2D eigenvalue weighted by Gasteiger charge is 2.56. The summed E-state index contributed by atoms with van der Waals surface area (Å²) in [5, 5.41) is 32.8. The van der Waals surface area contributed by atoms with Gasteiger partial charge in [-0.2, -0.15) is 0 Å². The smallest absolute Gasteiger partial charge is 0.0837 e. The standard InChI is InChI=1S/C15H24O6/c16-13(1-10-4-19-10)7-14(17,2-11-5-20-11)9-15(18,8-13)3-12-6-21-12/h10-12,16-18H,1-9H2. The molecule has 0 aromatic heterocycles. The molecule has 0 aromatic carbocycles. The zero-order valence-electron chi connectivity index (χ0n) is 12.2. The van der Waals surface area contributed by atoms with Crippen molar-refractivity contribution in [2.45, 2.75) is 73.6 Å². The zero-order valence-corrected chi connectivity index (χ0v) is 12.2. The molecular formula is C15H24O6. The lowest BCUT2D eigenvalue weighted by atomic mass is 9.63. The van der Waals surface area contributed by atoms with Crippen molar-refractivity contribution in [1.82, 2.24) is 0 Å². The van der Waals surface area contributed by atoms with Crippen molar-refractivity contribution in [2.75, 3.05) is 19.8 Å². The summed E-state index contributed by atoms with van der Waals surface area (Å²) in [6, 6.07) is 0. The molecule has 0 aromatic rings. The predicted molar refractivity (Wildman–Crippen MR) is 71.8 cm³/mol. The Hall–Kier alpha value is -0.240. The summed E-state index contributed by atoms with van der Waals surface area (Å²) in [6.45, 7) is 1.99. The minimum absolute atomic E-state index is 0.0657. The van der Waals surface area contributed by atoms with Gasteiger partial charge in [0.15, 0.2) is 0 Å². The van der Waals surface area contributed by atoms with Gasteiger partial charge in [0, 0.05) is 38.5 Å². The van der Waals surface area contributed by atoms with E-state index < -0.39 is 16.8 Å². The lowest BCUT2D eigenvalue weighted by Crippen LogP contribution is -2.57. The van der Waals surface area contributed by atoms with Crippen molar-refractivity contribution in [3.63, 3.8) is 0 Å². The average Bonchev–Trinajstić information content (AvgIpc) is 3.13. The molecule has 4 fully saturated rings. The van der Waals surface area contributed by atoms with Gasteiger partial charge in [-0.1, -0.05) is 0 Å². The van der Waals surface area contributed by atoms with Crippen molar-refractivity contribution in [3.05, 3.63) is 0 Å². The van der Waals surface area contributed by atoms with E-state index in [1.54, 1.807) is 0 Å². The summed E-state index contributed by atoms with van der Waals surface area (Å²) in [4.78, 5) is 0. The fourth-order valence-corrected chi connectivity index (χ4v) is 4.29. The molecule has 3 unspecified atom stereocenters. The van der Waals surface area contributed by atoms with Crippen molar-refractivity contribution in [3.8, 4) is 0 Å². The lowest BCUT2D eigenvalue weighted by Gasteiger charge is -2.50. The molecule has 0 bridgehead atoms. The minimum Gasteiger partial charge on any atom is -0.390 e. The third-order valence-corrected chi connectivity index (χ3v) is 5.00. The molecular weight excluding hydrogens is 276 g/mol. The molecule has 6 nitrogen and oxygen atoms in total. The van der Waals surface area contributed by atoms with E-state index in [-0.39, 0.29) is 37.6 Å². The van der Waals surface area contributed by atoms with Crippen LogP contribution in [-0.2, 0) is 14.2 Å². The fourth-order valence-electron chi connectivity index (χ4n) is 4.29. The van der Waals surface area contributed by atoms with Crippen molar-refractivity contribution in [1.29, 1.82) is 0 Å². The highest BCUT2D eigenvalue weighted by atomic mass is 16.6. The quantitative estimate of drug-likeness (QED) is 0.584. The van der Waals surface area contributed by atoms with Crippen LogP contribution in [0.4, 0.5) is 0 Å². The Labute approximate surface area is 124 Å². The van der Waals surface area contributed by atoms with Gasteiger partial charge >= 0.3 is 0 Å². The number of epoxide rings is 3. The second-order valence-electron chi connectivity index (χ2n) is 7.68. The van der Waals surface area contributed by atoms with E-state index in [1.807, 2.05) is 0 Å². The molecule has 1 saturated carbocycles. The van der Waals surface area contributed by atoms with Gasteiger partial charge in [0.05, 0.1) is 54.9 Å². The number of rotatable bonds is 6. The predicted octanol–water partition coefficient (Wildman–Crippen LogP) is -0.270. The summed E-state index contributed by atoms with van der Waals surface area (Å²) in [5.41, 5.74) is -3.23. The molecule has 4 rings (SSSR count). The maximum absolute atomic E-state index is 10.9. The van der Waals surface area contributed by atoms with Gasteiger partial charge in [0.1, 0.15) is 0 Å². The topological polar surface area (TPSA) is 98.3 Å². The molecule has 3 N–H and O–H groups in total. The minimum atomic E-state index is -1.08. The number of hydrogen-bond donors (Lipinski definition) is 3. The molecule has 120 valence electrons. The zero-order chi connectivity index (χ0) is 14.7. The third-order valence-electron chi connectivity index (χ3n) is 5.00. The van der Waals surface area contributed by atoms with Crippen molar-refractivity contribution >= 4 is 0 Å². The van der Waals surface area contributed by atoms with E-state index in [2.05, 4.69) is 0 Å². The van der Waals surface area contributed by atoms with Crippen LogP contribution in [0.5, 0.6) is 0 Å². The number of ether oxygens (including phenoxy) is 3. The molecule has 0 amide bonds. The number of hydrogen-bond acceptors (Lipinski definition) is 6. The maximum Gasteiger partial charge on any atom is 0.0837 e. The second kappa shape index (κ2) is 4.63. The fraction of sp³-hybridized carbons (Fsp3) is 1.00. The van der Waals surface area contributed by atoms with Crippen molar-refractivity contribution < 1.29 is 29.5 Å². The van der Waals surface area contributed by atoms with E-state index >= 15 is 0 Å². The van der Waals surface area contributed by atoms with E-state index in [0.29, 0.717) is 39.1 Å². The van der Waals surface area contributed by atoms with Crippen LogP contribution < -0.4 is 0 Å². The van der Waals surface area contributed by atoms with Crippen LogP contribution >= 0.6 is 0 Å². The van der Waals surface area contributed by atoms with Crippen LogP contribution in [0, 0.1) is 0 Å². The largest absolute Gasteiger partial charge is 0.390 e. The van der Waals surface area contributed by atoms with Crippen LogP contribution in [0.1, 0.15) is 38.5 Å². The first-order valence-corrected chi connectivity index (χ1v) is 7.88. The second-order valence-corrected chi connectivity index (χ2v) is 7.68. The summed E-state index contributed by atoms with van der Waals surface area (Å²) in [5.74, 6) is 0. The molecule has 3 heterocycles. The highest BCUT2D eigenvalue weighted by Crippen LogP contribution is 2.49. The van der Waals surface area contributed by atoms with Crippen LogP contribution in [0.2, 0.25) is 0 Å². The van der Waals surface area contributed by atoms with Crippen LogP contribution in [0.3, 0.4) is 0 Å². The Morgan fingerprint density at radius 2 is 0.857 bits per heavy atom. The van der Waals surface area contributed by atoms with E-state index in [0.717, 1.165) is 0 Å². The van der Waals surface area contributed by atoms with E-state index in [1.165, 1.54) is 0 Å². The summed E-state index contributed by atoms with van der Waals surface area (Å²) >= 11 is 0. The molecule has 1 aliphatic carbocycles.